The molecule has 0 bridgehead atoms. The Kier molecular flexibility index (Phi) is 3.21. The van der Waals surface area contributed by atoms with Gasteiger partial charge in [-0.1, -0.05) is 0 Å². The average molecular weight is 112 g/mol. The minimum Gasteiger partial charge on any atom is -0.316 e. The zero-order valence-corrected chi connectivity index (χ0v) is 5.60. The lowest BCUT2D eigenvalue weighted by atomic mass is 10.1. The lowest BCUT2D eigenvalue weighted by Crippen LogP contribution is -2.27. The van der Waals surface area contributed by atoms with Gasteiger partial charge in [0, 0.05) is 6.04 Å². The average Bonchev–Trinajstić information content (AvgIpc) is 1.84. The van der Waals surface area contributed by atoms with E-state index in [1.54, 1.807) is 0 Å². The molecule has 8 heavy (non-hydrogen) atoms. The minimum absolute atomic E-state index is 0.111. The second kappa shape index (κ2) is 3.45. The lowest BCUT2D eigenvalue weighted by molar-refractivity contribution is 0.507. The SMILES string of the molecule is CNC(C)[C@@H](C)C#N. The molecule has 0 fully saturated rings. The fourth-order valence-electron chi connectivity index (χ4n) is 0.362. The Morgan fingerprint density at radius 1 is 1.50 bits per heavy atom. The quantitative estimate of drug-likeness (QED) is 0.572. The number of nitrogens with zero attached hydrogens (tertiary/aromatic N) is 1. The largest absolute Gasteiger partial charge is 0.316 e. The van der Waals surface area contributed by atoms with Gasteiger partial charge in [0.25, 0.3) is 0 Å². The van der Waals surface area contributed by atoms with E-state index in [0.717, 1.165) is 0 Å². The molecule has 0 aliphatic rings. The van der Waals surface area contributed by atoms with E-state index >= 15 is 0 Å². The molecule has 2 atom stereocenters. The summed E-state index contributed by atoms with van der Waals surface area (Å²) >= 11 is 0. The highest BCUT2D eigenvalue weighted by atomic mass is 14.9. The summed E-state index contributed by atoms with van der Waals surface area (Å²) in [6, 6.07) is 2.46. The van der Waals surface area contributed by atoms with Gasteiger partial charge in [-0.3, -0.25) is 0 Å². The van der Waals surface area contributed by atoms with Crippen LogP contribution in [0.4, 0.5) is 0 Å². The summed E-state index contributed by atoms with van der Waals surface area (Å²) in [5, 5.41) is 11.3. The van der Waals surface area contributed by atoms with E-state index in [0.29, 0.717) is 6.04 Å². The maximum atomic E-state index is 8.35. The Labute approximate surface area is 50.5 Å². The van der Waals surface area contributed by atoms with Crippen LogP contribution in [0.2, 0.25) is 0 Å². The molecule has 0 aromatic heterocycles. The molecule has 0 saturated carbocycles. The maximum absolute atomic E-state index is 8.35. The summed E-state index contributed by atoms with van der Waals surface area (Å²) < 4.78 is 0. The van der Waals surface area contributed by atoms with Crippen molar-refractivity contribution in [1.82, 2.24) is 5.32 Å². The smallest absolute Gasteiger partial charge is 0.0669 e. The summed E-state index contributed by atoms with van der Waals surface area (Å²) in [5.74, 6) is 0.111. The standard InChI is InChI=1S/C6H12N2/c1-5(4-7)6(2)8-3/h5-6,8H,1-3H3/t5-,6?/m0/s1. The molecule has 0 spiro atoms. The molecule has 0 heterocycles. The fourth-order valence-corrected chi connectivity index (χ4v) is 0.362. The first-order valence-corrected chi connectivity index (χ1v) is 2.79. The summed E-state index contributed by atoms with van der Waals surface area (Å²) in [7, 11) is 1.86. The Morgan fingerprint density at radius 2 is 2.00 bits per heavy atom. The summed E-state index contributed by atoms with van der Waals surface area (Å²) in [6.07, 6.45) is 0. The molecule has 0 aromatic carbocycles. The molecule has 0 saturated heterocycles. The molecule has 0 rings (SSSR count). The van der Waals surface area contributed by atoms with Gasteiger partial charge in [0.2, 0.25) is 0 Å². The second-order valence-electron chi connectivity index (χ2n) is 2.00. The molecule has 1 N–H and O–H groups in total. The zero-order valence-electron chi connectivity index (χ0n) is 5.60. The molecule has 2 heteroatoms. The van der Waals surface area contributed by atoms with Crippen LogP contribution in [0.5, 0.6) is 0 Å². The second-order valence-corrected chi connectivity index (χ2v) is 2.00. The van der Waals surface area contributed by atoms with Crippen molar-refractivity contribution < 1.29 is 0 Å². The van der Waals surface area contributed by atoms with Crippen molar-refractivity contribution in [1.29, 1.82) is 5.26 Å². The maximum Gasteiger partial charge on any atom is 0.0669 e. The zero-order chi connectivity index (χ0) is 6.57. The third-order valence-electron chi connectivity index (χ3n) is 1.41. The van der Waals surface area contributed by atoms with Gasteiger partial charge in [-0.05, 0) is 20.9 Å². The summed E-state index contributed by atoms with van der Waals surface area (Å²) in [5.41, 5.74) is 0. The molecular weight excluding hydrogens is 100 g/mol. The van der Waals surface area contributed by atoms with Crippen LogP contribution in [0.15, 0.2) is 0 Å². The van der Waals surface area contributed by atoms with Crippen molar-refractivity contribution in [3.63, 3.8) is 0 Å². The highest BCUT2D eigenvalue weighted by molar-refractivity contribution is 4.85. The van der Waals surface area contributed by atoms with Crippen LogP contribution in [-0.2, 0) is 0 Å². The van der Waals surface area contributed by atoms with E-state index in [-0.39, 0.29) is 5.92 Å². The first-order chi connectivity index (χ1) is 3.72. The van der Waals surface area contributed by atoms with Gasteiger partial charge >= 0.3 is 0 Å². The number of rotatable bonds is 2. The van der Waals surface area contributed by atoms with Crippen molar-refractivity contribution in [2.45, 2.75) is 19.9 Å². The summed E-state index contributed by atoms with van der Waals surface area (Å²) in [4.78, 5) is 0. The Balaban J connectivity index is 3.49. The van der Waals surface area contributed by atoms with Crippen LogP contribution >= 0.6 is 0 Å². The first-order valence-electron chi connectivity index (χ1n) is 2.79. The van der Waals surface area contributed by atoms with E-state index < -0.39 is 0 Å². The van der Waals surface area contributed by atoms with E-state index in [4.69, 9.17) is 5.26 Å². The normalized spacial score (nSPS) is 16.8. The molecular formula is C6H12N2. The highest BCUT2D eigenvalue weighted by Gasteiger charge is 2.06. The number of hydrogen-bond donors (Lipinski definition) is 1. The van der Waals surface area contributed by atoms with Crippen LogP contribution in [0.1, 0.15) is 13.8 Å². The van der Waals surface area contributed by atoms with Gasteiger partial charge in [0.15, 0.2) is 0 Å². The van der Waals surface area contributed by atoms with Gasteiger partial charge < -0.3 is 5.32 Å². The first kappa shape index (κ1) is 7.45. The number of nitrogens with one attached hydrogen (secondary N) is 1. The van der Waals surface area contributed by atoms with Crippen LogP contribution in [-0.4, -0.2) is 13.1 Å². The van der Waals surface area contributed by atoms with Crippen LogP contribution in [0, 0.1) is 17.2 Å². The number of hydrogen-bond acceptors (Lipinski definition) is 2. The number of nitriles is 1. The molecule has 46 valence electrons. The van der Waals surface area contributed by atoms with Gasteiger partial charge in [0.1, 0.15) is 0 Å². The third kappa shape index (κ3) is 1.94. The van der Waals surface area contributed by atoms with Crippen molar-refractivity contribution in [3.8, 4) is 6.07 Å². The molecule has 0 aromatic rings. The van der Waals surface area contributed by atoms with Gasteiger partial charge in [0.05, 0.1) is 12.0 Å². The van der Waals surface area contributed by atoms with E-state index in [1.165, 1.54) is 0 Å². The van der Waals surface area contributed by atoms with E-state index in [9.17, 15) is 0 Å². The predicted octanol–water partition coefficient (Wildman–Crippen LogP) is 0.754. The Morgan fingerprint density at radius 3 is 2.12 bits per heavy atom. The molecule has 0 amide bonds. The predicted molar refractivity (Wildman–Crippen MR) is 33.3 cm³/mol. The van der Waals surface area contributed by atoms with Gasteiger partial charge in [-0.25, -0.2) is 0 Å². The van der Waals surface area contributed by atoms with E-state index in [2.05, 4.69) is 11.4 Å². The van der Waals surface area contributed by atoms with Crippen LogP contribution < -0.4 is 5.32 Å². The molecule has 2 nitrogen and oxygen atoms in total. The fraction of sp³-hybridized carbons (Fsp3) is 0.833. The molecule has 0 aliphatic carbocycles. The van der Waals surface area contributed by atoms with Crippen molar-refractivity contribution in [2.75, 3.05) is 7.05 Å². The Hall–Kier alpha value is -0.550. The topological polar surface area (TPSA) is 35.8 Å². The van der Waals surface area contributed by atoms with Crippen molar-refractivity contribution in [2.24, 2.45) is 5.92 Å². The van der Waals surface area contributed by atoms with Gasteiger partial charge in [-0.15, -0.1) is 0 Å². The lowest BCUT2D eigenvalue weighted by Gasteiger charge is -2.10. The highest BCUT2D eigenvalue weighted by Crippen LogP contribution is 1.97. The third-order valence-corrected chi connectivity index (χ3v) is 1.41. The molecule has 0 aliphatic heterocycles. The Bertz CT molecular complexity index is 93.2. The van der Waals surface area contributed by atoms with Gasteiger partial charge in [-0.2, -0.15) is 5.26 Å². The van der Waals surface area contributed by atoms with Crippen LogP contribution in [0.3, 0.4) is 0 Å². The van der Waals surface area contributed by atoms with Crippen molar-refractivity contribution in [3.05, 3.63) is 0 Å². The monoisotopic (exact) mass is 112 g/mol. The van der Waals surface area contributed by atoms with Crippen LogP contribution in [0.25, 0.3) is 0 Å². The summed E-state index contributed by atoms with van der Waals surface area (Å²) in [6.45, 7) is 3.90. The van der Waals surface area contributed by atoms with Crippen molar-refractivity contribution >= 4 is 0 Å². The van der Waals surface area contributed by atoms with E-state index in [1.807, 2.05) is 20.9 Å². The molecule has 0 radical (unpaired) electrons. The molecule has 1 unspecified atom stereocenters. The minimum atomic E-state index is 0.111.